The maximum absolute atomic E-state index is 13.8. The topological polar surface area (TPSA) is 89.3 Å². The second-order valence-electron chi connectivity index (χ2n) is 4.91. The molecule has 2 rings (SSSR count). The standard InChI is InChI=1S/C12H14ClFN2O3S/c1-6(7-2-3-7)16-12(17)8-4-11(20(15,18)19)9(13)5-10(8)14/h4-7H,2-3H2,1H3,(H,16,17)(H2,15,18,19). The Balaban J connectivity index is 2.33. The molecule has 0 aromatic heterocycles. The van der Waals surface area contributed by atoms with Gasteiger partial charge in [-0.15, -0.1) is 0 Å². The van der Waals surface area contributed by atoms with E-state index < -0.39 is 26.6 Å². The molecule has 1 unspecified atom stereocenters. The van der Waals surface area contributed by atoms with Gasteiger partial charge in [0, 0.05) is 6.04 Å². The average molecular weight is 321 g/mol. The Morgan fingerprint density at radius 1 is 1.50 bits per heavy atom. The number of primary sulfonamides is 1. The van der Waals surface area contributed by atoms with Crippen molar-refractivity contribution in [3.63, 3.8) is 0 Å². The third-order valence-electron chi connectivity index (χ3n) is 3.26. The van der Waals surface area contributed by atoms with E-state index in [9.17, 15) is 17.6 Å². The minimum Gasteiger partial charge on any atom is -0.349 e. The summed E-state index contributed by atoms with van der Waals surface area (Å²) in [5.41, 5.74) is -0.383. The summed E-state index contributed by atoms with van der Waals surface area (Å²) < 4.78 is 36.4. The highest BCUT2D eigenvalue weighted by Gasteiger charge is 2.30. The molecule has 1 atom stereocenters. The van der Waals surface area contributed by atoms with Crippen molar-refractivity contribution in [2.24, 2.45) is 11.1 Å². The smallest absolute Gasteiger partial charge is 0.254 e. The van der Waals surface area contributed by atoms with Gasteiger partial charge in [-0.2, -0.15) is 0 Å². The van der Waals surface area contributed by atoms with Crippen LogP contribution in [0.4, 0.5) is 4.39 Å². The normalized spacial score (nSPS) is 16.8. The van der Waals surface area contributed by atoms with Crippen molar-refractivity contribution in [1.29, 1.82) is 0 Å². The molecule has 0 heterocycles. The van der Waals surface area contributed by atoms with Crippen molar-refractivity contribution in [3.8, 4) is 0 Å². The minimum absolute atomic E-state index is 0.0875. The first-order valence-electron chi connectivity index (χ1n) is 6.03. The molecule has 5 nitrogen and oxygen atoms in total. The van der Waals surface area contributed by atoms with E-state index in [-0.39, 0.29) is 16.6 Å². The van der Waals surface area contributed by atoms with E-state index >= 15 is 0 Å². The van der Waals surface area contributed by atoms with Crippen LogP contribution < -0.4 is 10.5 Å². The fraction of sp³-hybridized carbons (Fsp3) is 0.417. The van der Waals surface area contributed by atoms with Gasteiger partial charge >= 0.3 is 0 Å². The number of sulfonamides is 1. The van der Waals surface area contributed by atoms with Gasteiger partial charge in [-0.25, -0.2) is 17.9 Å². The monoisotopic (exact) mass is 320 g/mol. The van der Waals surface area contributed by atoms with Crippen molar-refractivity contribution in [2.45, 2.75) is 30.7 Å². The lowest BCUT2D eigenvalue weighted by Gasteiger charge is -2.14. The zero-order valence-corrected chi connectivity index (χ0v) is 12.3. The van der Waals surface area contributed by atoms with E-state index in [0.717, 1.165) is 25.0 Å². The zero-order valence-electron chi connectivity index (χ0n) is 10.7. The zero-order chi connectivity index (χ0) is 15.1. The predicted octanol–water partition coefficient (Wildman–Crippen LogP) is 1.65. The summed E-state index contributed by atoms with van der Waals surface area (Å²) >= 11 is 5.63. The lowest BCUT2D eigenvalue weighted by atomic mass is 10.1. The predicted molar refractivity (Wildman–Crippen MR) is 72.4 cm³/mol. The number of carbonyl (C=O) groups is 1. The fourth-order valence-electron chi connectivity index (χ4n) is 1.92. The number of amides is 1. The quantitative estimate of drug-likeness (QED) is 0.884. The van der Waals surface area contributed by atoms with E-state index in [4.69, 9.17) is 16.7 Å². The van der Waals surface area contributed by atoms with Crippen LogP contribution in [0, 0.1) is 11.7 Å². The summed E-state index contributed by atoms with van der Waals surface area (Å²) in [6, 6.07) is 1.55. The summed E-state index contributed by atoms with van der Waals surface area (Å²) in [4.78, 5) is 11.5. The van der Waals surface area contributed by atoms with Crippen LogP contribution in [-0.4, -0.2) is 20.4 Å². The number of benzene rings is 1. The fourth-order valence-corrected chi connectivity index (χ4v) is 3.01. The minimum atomic E-state index is -4.12. The van der Waals surface area contributed by atoms with Gasteiger partial charge in [0.15, 0.2) is 0 Å². The second-order valence-corrected chi connectivity index (χ2v) is 6.84. The maximum atomic E-state index is 13.8. The molecule has 3 N–H and O–H groups in total. The van der Waals surface area contributed by atoms with Gasteiger partial charge in [0.1, 0.15) is 10.7 Å². The first kappa shape index (κ1) is 15.2. The molecule has 0 bridgehead atoms. The molecule has 1 aromatic carbocycles. The van der Waals surface area contributed by atoms with E-state index in [2.05, 4.69) is 5.32 Å². The summed E-state index contributed by atoms with van der Waals surface area (Å²) in [5, 5.41) is 7.26. The highest BCUT2D eigenvalue weighted by atomic mass is 35.5. The molecule has 1 aliphatic rings. The number of halogens is 2. The van der Waals surface area contributed by atoms with Gasteiger partial charge in [-0.1, -0.05) is 11.6 Å². The Hall–Kier alpha value is -1.18. The molecule has 0 radical (unpaired) electrons. The molecule has 1 fully saturated rings. The summed E-state index contributed by atoms with van der Waals surface area (Å²) in [6.07, 6.45) is 2.04. The highest BCUT2D eigenvalue weighted by Crippen LogP contribution is 2.32. The first-order valence-corrected chi connectivity index (χ1v) is 7.95. The van der Waals surface area contributed by atoms with Gasteiger partial charge < -0.3 is 5.32 Å². The molecule has 0 saturated heterocycles. The van der Waals surface area contributed by atoms with E-state index in [1.807, 2.05) is 6.92 Å². The number of rotatable bonds is 4. The lowest BCUT2D eigenvalue weighted by molar-refractivity contribution is 0.0931. The van der Waals surface area contributed by atoms with Crippen molar-refractivity contribution < 1.29 is 17.6 Å². The average Bonchev–Trinajstić information content (AvgIpc) is 3.10. The lowest BCUT2D eigenvalue weighted by Crippen LogP contribution is -2.34. The Bertz CT molecular complexity index is 659. The van der Waals surface area contributed by atoms with Crippen LogP contribution in [0.1, 0.15) is 30.1 Å². The number of hydrogen-bond acceptors (Lipinski definition) is 3. The second kappa shape index (κ2) is 5.31. The van der Waals surface area contributed by atoms with E-state index in [1.165, 1.54) is 0 Å². The van der Waals surface area contributed by atoms with Crippen LogP contribution in [0.25, 0.3) is 0 Å². The van der Waals surface area contributed by atoms with Crippen LogP contribution in [0.15, 0.2) is 17.0 Å². The van der Waals surface area contributed by atoms with Gasteiger partial charge in [0.25, 0.3) is 5.91 Å². The molecule has 1 aliphatic carbocycles. The van der Waals surface area contributed by atoms with Gasteiger partial charge in [0.05, 0.1) is 10.6 Å². The molecule has 20 heavy (non-hydrogen) atoms. The largest absolute Gasteiger partial charge is 0.349 e. The van der Waals surface area contributed by atoms with E-state index in [1.54, 1.807) is 0 Å². The number of nitrogens with two attached hydrogens (primary N) is 1. The van der Waals surface area contributed by atoms with Crippen LogP contribution in [0.2, 0.25) is 5.02 Å². The third kappa shape index (κ3) is 3.28. The molecular weight excluding hydrogens is 307 g/mol. The Kier molecular flexibility index (Phi) is 4.04. The molecule has 0 aliphatic heterocycles. The molecule has 1 aromatic rings. The van der Waals surface area contributed by atoms with Crippen LogP contribution in [0.5, 0.6) is 0 Å². The first-order chi connectivity index (χ1) is 9.20. The SMILES string of the molecule is CC(NC(=O)c1cc(S(N)(=O)=O)c(Cl)cc1F)C1CC1. The number of nitrogens with one attached hydrogen (secondary N) is 1. The molecule has 8 heteroatoms. The van der Waals surface area contributed by atoms with Crippen molar-refractivity contribution in [2.75, 3.05) is 0 Å². The third-order valence-corrected chi connectivity index (χ3v) is 4.64. The van der Waals surface area contributed by atoms with Crippen LogP contribution >= 0.6 is 11.6 Å². The highest BCUT2D eigenvalue weighted by molar-refractivity contribution is 7.89. The molecule has 0 spiro atoms. The Morgan fingerprint density at radius 3 is 2.60 bits per heavy atom. The molecule has 110 valence electrons. The molecular formula is C12H14ClFN2O3S. The summed E-state index contributed by atoms with van der Waals surface area (Å²) in [7, 11) is -4.12. The maximum Gasteiger partial charge on any atom is 0.254 e. The Morgan fingerprint density at radius 2 is 2.10 bits per heavy atom. The summed E-state index contributed by atoms with van der Waals surface area (Å²) in [6.45, 7) is 1.82. The number of carbonyl (C=O) groups excluding carboxylic acids is 1. The molecule has 1 amide bonds. The van der Waals surface area contributed by atoms with Gasteiger partial charge in [0.2, 0.25) is 10.0 Å². The summed E-state index contributed by atoms with van der Waals surface area (Å²) in [5.74, 6) is -1.17. The van der Waals surface area contributed by atoms with Crippen LogP contribution in [-0.2, 0) is 10.0 Å². The van der Waals surface area contributed by atoms with Crippen molar-refractivity contribution >= 4 is 27.5 Å². The van der Waals surface area contributed by atoms with E-state index in [0.29, 0.717) is 5.92 Å². The Labute approximate surface area is 121 Å². The molecule has 1 saturated carbocycles. The van der Waals surface area contributed by atoms with Gasteiger partial charge in [-0.05, 0) is 37.8 Å². The van der Waals surface area contributed by atoms with Crippen LogP contribution in [0.3, 0.4) is 0 Å². The number of hydrogen-bond donors (Lipinski definition) is 2. The van der Waals surface area contributed by atoms with Gasteiger partial charge in [-0.3, -0.25) is 4.79 Å². The van der Waals surface area contributed by atoms with Crippen molar-refractivity contribution in [1.82, 2.24) is 5.32 Å². The van der Waals surface area contributed by atoms with Crippen molar-refractivity contribution in [3.05, 3.63) is 28.5 Å².